The predicted molar refractivity (Wildman–Crippen MR) is 97.0 cm³/mol. The van der Waals surface area contributed by atoms with E-state index in [0.717, 1.165) is 11.3 Å². The summed E-state index contributed by atoms with van der Waals surface area (Å²) in [5, 5.41) is 2.98. The maximum atomic E-state index is 12.9. The Labute approximate surface area is 156 Å². The summed E-state index contributed by atoms with van der Waals surface area (Å²) in [6.07, 6.45) is 8.37. The summed E-state index contributed by atoms with van der Waals surface area (Å²) in [6.45, 7) is 1.50. The van der Waals surface area contributed by atoms with Crippen molar-refractivity contribution in [2.75, 3.05) is 18.6 Å². The summed E-state index contributed by atoms with van der Waals surface area (Å²) in [6, 6.07) is 5.13. The summed E-state index contributed by atoms with van der Waals surface area (Å²) >= 11 is 0. The molecule has 3 aromatic rings. The third-order valence-electron chi connectivity index (χ3n) is 4.48. The number of anilines is 1. The molecule has 0 saturated heterocycles. The molecule has 138 valence electrons. The third kappa shape index (κ3) is 3.57. The highest BCUT2D eigenvalue weighted by Gasteiger charge is 2.31. The van der Waals surface area contributed by atoms with Crippen LogP contribution < -0.4 is 15.0 Å². The molecule has 0 fully saturated rings. The van der Waals surface area contributed by atoms with Gasteiger partial charge in [-0.3, -0.25) is 9.78 Å². The molecule has 0 aliphatic carbocycles. The predicted octanol–water partition coefficient (Wildman–Crippen LogP) is 0.954. The number of aromatic nitrogens is 5. The molecule has 9 nitrogen and oxygen atoms in total. The van der Waals surface area contributed by atoms with Gasteiger partial charge >= 0.3 is 0 Å². The molecule has 27 heavy (non-hydrogen) atoms. The van der Waals surface area contributed by atoms with E-state index in [4.69, 9.17) is 4.74 Å². The van der Waals surface area contributed by atoms with E-state index in [1.807, 2.05) is 21.6 Å². The van der Waals surface area contributed by atoms with Crippen LogP contribution in [-0.4, -0.2) is 44.1 Å². The van der Waals surface area contributed by atoms with Gasteiger partial charge in [-0.15, -0.1) is 0 Å². The lowest BCUT2D eigenvalue weighted by atomic mass is 10.1. The number of carbonyl (C=O) groups is 1. The molecule has 0 bridgehead atoms. The average molecular weight is 365 g/mol. The summed E-state index contributed by atoms with van der Waals surface area (Å²) in [4.78, 5) is 31.5. The topological polar surface area (TPSA) is 98.1 Å². The molecule has 1 aliphatic heterocycles. The first-order chi connectivity index (χ1) is 13.2. The van der Waals surface area contributed by atoms with Crippen molar-refractivity contribution in [3.63, 3.8) is 0 Å². The van der Waals surface area contributed by atoms with Crippen molar-refractivity contribution in [1.29, 1.82) is 0 Å². The number of rotatable bonds is 5. The third-order valence-corrected chi connectivity index (χ3v) is 4.48. The lowest BCUT2D eigenvalue weighted by molar-refractivity contribution is -0.124. The first-order valence-electron chi connectivity index (χ1n) is 8.53. The van der Waals surface area contributed by atoms with E-state index < -0.39 is 6.04 Å². The fourth-order valence-electron chi connectivity index (χ4n) is 3.10. The minimum Gasteiger partial charge on any atom is -0.481 e. The smallest absolute Gasteiger partial charge is 0.245 e. The Kier molecular flexibility index (Phi) is 4.65. The van der Waals surface area contributed by atoms with Crippen LogP contribution in [0.1, 0.15) is 17.3 Å². The zero-order valence-electron chi connectivity index (χ0n) is 14.8. The zero-order chi connectivity index (χ0) is 18.6. The van der Waals surface area contributed by atoms with Gasteiger partial charge in [0.05, 0.1) is 25.7 Å². The van der Waals surface area contributed by atoms with E-state index in [1.165, 1.54) is 6.33 Å². The molecule has 1 N–H and O–H groups in total. The van der Waals surface area contributed by atoms with Crippen molar-refractivity contribution in [1.82, 2.24) is 29.8 Å². The van der Waals surface area contributed by atoms with Crippen LogP contribution in [0.4, 0.5) is 5.82 Å². The number of fused-ring (bicyclic) bond motifs is 1. The Bertz CT molecular complexity index is 928. The first-order valence-corrected chi connectivity index (χ1v) is 8.53. The van der Waals surface area contributed by atoms with Gasteiger partial charge in [0, 0.05) is 37.7 Å². The summed E-state index contributed by atoms with van der Waals surface area (Å²) in [5.74, 6) is 1.11. The number of carbonyl (C=O) groups excluding carboxylic acids is 1. The quantitative estimate of drug-likeness (QED) is 0.719. The van der Waals surface area contributed by atoms with Crippen LogP contribution in [0.15, 0.2) is 49.4 Å². The summed E-state index contributed by atoms with van der Waals surface area (Å²) in [5.41, 5.74) is 1.89. The number of methoxy groups -OCH3 is 1. The molecule has 4 rings (SSSR count). The van der Waals surface area contributed by atoms with Gasteiger partial charge < -0.3 is 19.5 Å². The number of pyridine rings is 1. The molecule has 0 spiro atoms. The Balaban J connectivity index is 1.53. The van der Waals surface area contributed by atoms with Crippen LogP contribution in [0.25, 0.3) is 0 Å². The number of hydrogen-bond acceptors (Lipinski definition) is 7. The highest BCUT2D eigenvalue weighted by Crippen LogP contribution is 2.26. The van der Waals surface area contributed by atoms with Gasteiger partial charge in [0.15, 0.2) is 0 Å². The standard InChI is InChI=1S/C18H19N7O2/c1-27-17-5-16(22-11-23-17)24-9-14-8-20-12-25(14)15(10-24)18(26)21-7-13-3-2-4-19-6-13/h2-6,8,11-12,15H,7,9-10H2,1H3,(H,21,26)/t15-/m0/s1. The van der Waals surface area contributed by atoms with Crippen molar-refractivity contribution in [2.45, 2.75) is 19.1 Å². The first kappa shape index (κ1) is 17.0. The van der Waals surface area contributed by atoms with Gasteiger partial charge in [0.25, 0.3) is 0 Å². The maximum Gasteiger partial charge on any atom is 0.245 e. The molecule has 1 atom stereocenters. The van der Waals surface area contributed by atoms with Crippen LogP contribution in [-0.2, 0) is 17.9 Å². The van der Waals surface area contributed by atoms with E-state index in [2.05, 4.69) is 25.3 Å². The van der Waals surface area contributed by atoms with E-state index in [0.29, 0.717) is 31.3 Å². The average Bonchev–Trinajstić information content (AvgIpc) is 3.21. The van der Waals surface area contributed by atoms with Crippen LogP contribution in [0, 0.1) is 0 Å². The number of ether oxygens (including phenoxy) is 1. The highest BCUT2D eigenvalue weighted by molar-refractivity contribution is 5.81. The summed E-state index contributed by atoms with van der Waals surface area (Å²) < 4.78 is 7.09. The maximum absolute atomic E-state index is 12.9. The fraction of sp³-hybridized carbons (Fsp3) is 0.278. The number of nitrogens with one attached hydrogen (secondary N) is 1. The number of hydrogen-bond donors (Lipinski definition) is 1. The molecule has 0 saturated carbocycles. The molecule has 0 radical (unpaired) electrons. The zero-order valence-corrected chi connectivity index (χ0v) is 14.8. The van der Waals surface area contributed by atoms with Crippen molar-refractivity contribution in [2.24, 2.45) is 0 Å². The van der Waals surface area contributed by atoms with Gasteiger partial charge in [0.1, 0.15) is 18.2 Å². The van der Waals surface area contributed by atoms with Crippen molar-refractivity contribution in [3.05, 3.63) is 60.7 Å². The number of nitrogens with zero attached hydrogens (tertiary/aromatic N) is 6. The van der Waals surface area contributed by atoms with Crippen LogP contribution in [0.3, 0.4) is 0 Å². The molecule has 1 aliphatic rings. The van der Waals surface area contributed by atoms with Gasteiger partial charge in [-0.2, -0.15) is 0 Å². The highest BCUT2D eigenvalue weighted by atomic mass is 16.5. The van der Waals surface area contributed by atoms with E-state index in [9.17, 15) is 4.79 Å². The molecule has 0 unspecified atom stereocenters. The van der Waals surface area contributed by atoms with Gasteiger partial charge in [-0.05, 0) is 11.6 Å². The normalized spacial score (nSPS) is 15.9. The van der Waals surface area contributed by atoms with Gasteiger partial charge in [-0.25, -0.2) is 15.0 Å². The Morgan fingerprint density at radius 2 is 2.26 bits per heavy atom. The molecule has 9 heteroatoms. The number of amides is 1. The van der Waals surface area contributed by atoms with Gasteiger partial charge in [0.2, 0.25) is 11.8 Å². The van der Waals surface area contributed by atoms with E-state index >= 15 is 0 Å². The molecule has 0 aromatic carbocycles. The SMILES string of the molecule is COc1cc(N2Cc3cncn3[C@H](C(=O)NCc3cccnc3)C2)ncn1. The lowest BCUT2D eigenvalue weighted by Crippen LogP contribution is -2.44. The van der Waals surface area contributed by atoms with Crippen LogP contribution in [0.5, 0.6) is 5.88 Å². The van der Waals surface area contributed by atoms with Crippen LogP contribution >= 0.6 is 0 Å². The van der Waals surface area contributed by atoms with Crippen LogP contribution in [0.2, 0.25) is 0 Å². The fourth-order valence-corrected chi connectivity index (χ4v) is 3.10. The van der Waals surface area contributed by atoms with Gasteiger partial charge in [-0.1, -0.05) is 6.07 Å². The Morgan fingerprint density at radius 1 is 1.33 bits per heavy atom. The second-order valence-electron chi connectivity index (χ2n) is 6.19. The molecular formula is C18H19N7O2. The molecule has 4 heterocycles. The second kappa shape index (κ2) is 7.40. The lowest BCUT2D eigenvalue weighted by Gasteiger charge is -2.34. The van der Waals surface area contributed by atoms with E-state index in [1.54, 1.807) is 38.1 Å². The minimum absolute atomic E-state index is 0.0798. The Hall–Kier alpha value is -3.49. The summed E-state index contributed by atoms with van der Waals surface area (Å²) in [7, 11) is 1.56. The number of imidazole rings is 1. The monoisotopic (exact) mass is 365 g/mol. The molecule has 3 aromatic heterocycles. The van der Waals surface area contributed by atoms with Crippen molar-refractivity contribution in [3.8, 4) is 5.88 Å². The molecule has 1 amide bonds. The van der Waals surface area contributed by atoms with Crippen molar-refractivity contribution < 1.29 is 9.53 Å². The second-order valence-corrected chi connectivity index (χ2v) is 6.19. The molecular weight excluding hydrogens is 346 g/mol. The van der Waals surface area contributed by atoms with Crippen molar-refractivity contribution >= 4 is 11.7 Å². The van der Waals surface area contributed by atoms with E-state index in [-0.39, 0.29) is 5.91 Å². The Morgan fingerprint density at radius 3 is 3.07 bits per heavy atom. The largest absolute Gasteiger partial charge is 0.481 e. The minimum atomic E-state index is -0.408.